The summed E-state index contributed by atoms with van der Waals surface area (Å²) >= 11 is 0. The van der Waals surface area contributed by atoms with E-state index in [1.54, 1.807) is 6.33 Å². The van der Waals surface area contributed by atoms with E-state index in [1.165, 1.54) is 5.56 Å². The first kappa shape index (κ1) is 17.7. The first-order valence-electron chi connectivity index (χ1n) is 9.15. The Kier molecular flexibility index (Phi) is 4.77. The Labute approximate surface area is 164 Å². The van der Waals surface area contributed by atoms with E-state index < -0.39 is 0 Å². The molecule has 0 aliphatic rings. The average Bonchev–Trinajstić information content (AvgIpc) is 3.14. The van der Waals surface area contributed by atoms with Gasteiger partial charge in [-0.1, -0.05) is 54.1 Å². The summed E-state index contributed by atoms with van der Waals surface area (Å²) in [6.07, 6.45) is 3.57. The van der Waals surface area contributed by atoms with E-state index in [-0.39, 0.29) is 5.91 Å². The number of hydrogen-bond acceptors (Lipinski definition) is 2. The lowest BCUT2D eigenvalue weighted by atomic mass is 10.0. The predicted octanol–water partition coefficient (Wildman–Crippen LogP) is 5.31. The van der Waals surface area contributed by atoms with Gasteiger partial charge in [-0.15, -0.1) is 0 Å². The van der Waals surface area contributed by atoms with Gasteiger partial charge in [0.1, 0.15) is 0 Å². The Morgan fingerprint density at radius 3 is 2.36 bits per heavy atom. The number of aromatic nitrogens is 2. The Morgan fingerprint density at radius 1 is 0.893 bits per heavy atom. The smallest absolute Gasteiger partial charge is 0.255 e. The number of aryl methyl sites for hydroxylation is 2. The van der Waals surface area contributed by atoms with Crippen LogP contribution in [0.25, 0.3) is 22.4 Å². The zero-order valence-corrected chi connectivity index (χ0v) is 15.9. The maximum atomic E-state index is 12.8. The number of rotatable bonds is 4. The van der Waals surface area contributed by atoms with E-state index in [9.17, 15) is 4.79 Å². The molecule has 4 rings (SSSR count). The summed E-state index contributed by atoms with van der Waals surface area (Å²) in [4.78, 5) is 17.0. The highest BCUT2D eigenvalue weighted by Crippen LogP contribution is 2.24. The summed E-state index contributed by atoms with van der Waals surface area (Å²) < 4.78 is 1.95. The van der Waals surface area contributed by atoms with Gasteiger partial charge in [0.05, 0.1) is 18.2 Å². The Bertz CT molecular complexity index is 1140. The lowest BCUT2D eigenvalue weighted by Gasteiger charge is -2.09. The van der Waals surface area contributed by atoms with Crippen molar-refractivity contribution in [2.45, 2.75) is 6.92 Å². The zero-order valence-electron chi connectivity index (χ0n) is 15.9. The third-order valence-electron chi connectivity index (χ3n) is 4.71. The fourth-order valence-electron chi connectivity index (χ4n) is 3.26. The second kappa shape index (κ2) is 7.53. The summed E-state index contributed by atoms with van der Waals surface area (Å²) in [5.74, 6) is -0.128. The van der Waals surface area contributed by atoms with Crippen LogP contribution in [0.3, 0.4) is 0 Å². The van der Waals surface area contributed by atoms with Crippen LogP contribution in [0.4, 0.5) is 5.69 Å². The van der Waals surface area contributed by atoms with E-state index in [0.717, 1.165) is 28.1 Å². The molecule has 0 spiro atoms. The molecule has 3 aromatic carbocycles. The van der Waals surface area contributed by atoms with Crippen LogP contribution in [0, 0.1) is 6.92 Å². The average molecular weight is 367 g/mol. The second-order valence-corrected chi connectivity index (χ2v) is 6.87. The minimum Gasteiger partial charge on any atom is -0.334 e. The molecule has 0 aliphatic heterocycles. The maximum absolute atomic E-state index is 12.8. The van der Waals surface area contributed by atoms with Crippen molar-refractivity contribution in [3.05, 3.63) is 96.4 Å². The number of carbonyl (C=O) groups is 1. The van der Waals surface area contributed by atoms with Gasteiger partial charge in [0.2, 0.25) is 0 Å². The molecule has 0 unspecified atom stereocenters. The molecule has 4 aromatic rings. The molecule has 1 amide bonds. The lowest BCUT2D eigenvalue weighted by Crippen LogP contribution is -2.12. The van der Waals surface area contributed by atoms with Crippen molar-refractivity contribution in [1.29, 1.82) is 0 Å². The summed E-state index contributed by atoms with van der Waals surface area (Å²) in [6, 6.07) is 23.8. The van der Waals surface area contributed by atoms with Crippen molar-refractivity contribution < 1.29 is 4.79 Å². The minimum absolute atomic E-state index is 0.128. The molecule has 0 fully saturated rings. The number of benzene rings is 3. The number of amides is 1. The predicted molar refractivity (Wildman–Crippen MR) is 113 cm³/mol. The molecule has 28 heavy (non-hydrogen) atoms. The fraction of sp³-hybridized carbons (Fsp3) is 0.0833. The Hall–Kier alpha value is -3.66. The van der Waals surface area contributed by atoms with Gasteiger partial charge in [-0.25, -0.2) is 4.98 Å². The molecule has 138 valence electrons. The SMILES string of the molecule is Cc1cccc(-c2cccc(C(=O)Nc3cccc(-c4cncn4C)c3)c2)c1. The van der Waals surface area contributed by atoms with Crippen LogP contribution in [-0.4, -0.2) is 15.5 Å². The fourth-order valence-corrected chi connectivity index (χ4v) is 3.26. The van der Waals surface area contributed by atoms with Crippen LogP contribution >= 0.6 is 0 Å². The molecular weight excluding hydrogens is 346 g/mol. The molecule has 0 saturated heterocycles. The number of carbonyl (C=O) groups excluding carboxylic acids is 1. The summed E-state index contributed by atoms with van der Waals surface area (Å²) in [5.41, 5.74) is 6.71. The van der Waals surface area contributed by atoms with Gasteiger partial charge in [0, 0.05) is 23.9 Å². The molecule has 1 aromatic heterocycles. The van der Waals surface area contributed by atoms with Crippen LogP contribution in [0.2, 0.25) is 0 Å². The summed E-state index contributed by atoms with van der Waals surface area (Å²) in [6.45, 7) is 2.06. The Morgan fingerprint density at radius 2 is 1.61 bits per heavy atom. The minimum atomic E-state index is -0.128. The molecule has 0 aliphatic carbocycles. The molecule has 1 heterocycles. The molecule has 0 bridgehead atoms. The second-order valence-electron chi connectivity index (χ2n) is 6.87. The molecule has 0 radical (unpaired) electrons. The lowest BCUT2D eigenvalue weighted by molar-refractivity contribution is 0.102. The van der Waals surface area contributed by atoms with Gasteiger partial charge < -0.3 is 9.88 Å². The molecular formula is C24H21N3O. The number of anilines is 1. The van der Waals surface area contributed by atoms with E-state index in [1.807, 2.05) is 72.4 Å². The summed E-state index contributed by atoms with van der Waals surface area (Å²) in [7, 11) is 1.95. The highest BCUT2D eigenvalue weighted by molar-refractivity contribution is 6.05. The summed E-state index contributed by atoms with van der Waals surface area (Å²) in [5, 5.41) is 3.00. The first-order valence-corrected chi connectivity index (χ1v) is 9.15. The zero-order chi connectivity index (χ0) is 19.5. The van der Waals surface area contributed by atoms with Gasteiger partial charge in [-0.3, -0.25) is 4.79 Å². The largest absolute Gasteiger partial charge is 0.334 e. The van der Waals surface area contributed by atoms with Gasteiger partial charge in [-0.05, 0) is 42.3 Å². The van der Waals surface area contributed by atoms with Crippen LogP contribution in [0.5, 0.6) is 0 Å². The van der Waals surface area contributed by atoms with Crippen molar-refractivity contribution in [1.82, 2.24) is 9.55 Å². The molecule has 4 heteroatoms. The van der Waals surface area contributed by atoms with Gasteiger partial charge in [-0.2, -0.15) is 0 Å². The molecule has 4 nitrogen and oxygen atoms in total. The van der Waals surface area contributed by atoms with Gasteiger partial charge >= 0.3 is 0 Å². The van der Waals surface area contributed by atoms with E-state index in [2.05, 4.69) is 35.4 Å². The van der Waals surface area contributed by atoms with Gasteiger partial charge in [0.15, 0.2) is 0 Å². The van der Waals surface area contributed by atoms with E-state index in [4.69, 9.17) is 0 Å². The maximum Gasteiger partial charge on any atom is 0.255 e. The normalized spacial score (nSPS) is 10.6. The van der Waals surface area contributed by atoms with E-state index >= 15 is 0 Å². The third-order valence-corrected chi connectivity index (χ3v) is 4.71. The van der Waals surface area contributed by atoms with Crippen molar-refractivity contribution in [2.24, 2.45) is 7.05 Å². The standard InChI is InChI=1S/C24H21N3O/c1-17-6-3-7-18(12-17)19-8-4-10-21(13-19)24(28)26-22-11-5-9-20(14-22)23-15-25-16-27(23)2/h3-16H,1-2H3,(H,26,28). The Balaban J connectivity index is 1.58. The topological polar surface area (TPSA) is 46.9 Å². The van der Waals surface area contributed by atoms with Crippen LogP contribution in [0.1, 0.15) is 15.9 Å². The monoisotopic (exact) mass is 367 g/mol. The van der Waals surface area contributed by atoms with Crippen molar-refractivity contribution in [3.63, 3.8) is 0 Å². The molecule has 0 atom stereocenters. The highest BCUT2D eigenvalue weighted by atomic mass is 16.1. The van der Waals surface area contributed by atoms with Crippen LogP contribution in [0.15, 0.2) is 85.3 Å². The number of imidazole rings is 1. The highest BCUT2D eigenvalue weighted by Gasteiger charge is 2.09. The van der Waals surface area contributed by atoms with E-state index in [0.29, 0.717) is 5.56 Å². The van der Waals surface area contributed by atoms with Crippen LogP contribution < -0.4 is 5.32 Å². The third kappa shape index (κ3) is 3.71. The van der Waals surface area contributed by atoms with Crippen molar-refractivity contribution in [2.75, 3.05) is 5.32 Å². The number of nitrogens with one attached hydrogen (secondary N) is 1. The van der Waals surface area contributed by atoms with Gasteiger partial charge in [0.25, 0.3) is 5.91 Å². The number of nitrogens with zero attached hydrogens (tertiary/aromatic N) is 2. The van der Waals surface area contributed by atoms with Crippen molar-refractivity contribution in [3.8, 4) is 22.4 Å². The van der Waals surface area contributed by atoms with Crippen molar-refractivity contribution >= 4 is 11.6 Å². The molecule has 0 saturated carbocycles. The first-order chi connectivity index (χ1) is 13.6. The molecule has 1 N–H and O–H groups in total. The quantitative estimate of drug-likeness (QED) is 0.531. The van der Waals surface area contributed by atoms with Crippen LogP contribution in [-0.2, 0) is 7.05 Å². The number of hydrogen-bond donors (Lipinski definition) is 1.